The first-order valence-electron chi connectivity index (χ1n) is 2.91. The van der Waals surface area contributed by atoms with Crippen molar-refractivity contribution < 1.29 is 0 Å². The summed E-state index contributed by atoms with van der Waals surface area (Å²) in [5.74, 6) is 0. The van der Waals surface area contributed by atoms with E-state index < -0.39 is 0 Å². The van der Waals surface area contributed by atoms with Crippen molar-refractivity contribution in [1.82, 2.24) is 9.97 Å². The Morgan fingerprint density at radius 1 is 1.60 bits per heavy atom. The SMILES string of the molecule is C=c1[nH]c(=CCN)[nH]c1=O. The largest absolute Gasteiger partial charge is 0.338 e. The highest BCUT2D eigenvalue weighted by atomic mass is 16.1. The van der Waals surface area contributed by atoms with Gasteiger partial charge in [0.1, 0.15) is 5.48 Å². The molecule has 0 aliphatic heterocycles. The summed E-state index contributed by atoms with van der Waals surface area (Å²) in [4.78, 5) is 16.0. The van der Waals surface area contributed by atoms with Crippen LogP contribution in [-0.2, 0) is 0 Å². The Balaban J connectivity index is 3.37. The van der Waals surface area contributed by atoms with Gasteiger partial charge in [0.05, 0.1) is 5.35 Å². The van der Waals surface area contributed by atoms with Crippen molar-refractivity contribution in [3.63, 3.8) is 0 Å². The minimum atomic E-state index is -0.195. The van der Waals surface area contributed by atoms with Gasteiger partial charge in [-0.15, -0.1) is 0 Å². The molecular weight excluding hydrogens is 130 g/mol. The Morgan fingerprint density at radius 2 is 2.30 bits per heavy atom. The Kier molecular flexibility index (Phi) is 1.73. The fraction of sp³-hybridized carbons (Fsp3) is 0.167. The van der Waals surface area contributed by atoms with Crippen molar-refractivity contribution in [3.8, 4) is 0 Å². The van der Waals surface area contributed by atoms with Crippen molar-refractivity contribution in [2.45, 2.75) is 0 Å². The van der Waals surface area contributed by atoms with Crippen molar-refractivity contribution in [2.24, 2.45) is 5.73 Å². The molecule has 1 aromatic rings. The van der Waals surface area contributed by atoms with Crippen LogP contribution in [0.2, 0.25) is 0 Å². The summed E-state index contributed by atoms with van der Waals surface area (Å²) in [6.07, 6.45) is 1.68. The van der Waals surface area contributed by atoms with Gasteiger partial charge in [-0.3, -0.25) is 4.79 Å². The summed E-state index contributed by atoms with van der Waals surface area (Å²) < 4.78 is 0. The van der Waals surface area contributed by atoms with Crippen molar-refractivity contribution >= 4 is 12.7 Å². The van der Waals surface area contributed by atoms with Crippen LogP contribution in [0.25, 0.3) is 12.7 Å². The smallest absolute Gasteiger partial charge is 0.272 e. The molecule has 0 spiro atoms. The highest BCUT2D eigenvalue weighted by Crippen LogP contribution is 1.48. The zero-order chi connectivity index (χ0) is 7.56. The molecule has 4 heteroatoms. The van der Waals surface area contributed by atoms with Crippen molar-refractivity contribution in [2.75, 3.05) is 6.54 Å². The Morgan fingerprint density at radius 3 is 2.70 bits per heavy atom. The molecule has 0 fully saturated rings. The van der Waals surface area contributed by atoms with Gasteiger partial charge < -0.3 is 15.7 Å². The summed E-state index contributed by atoms with van der Waals surface area (Å²) >= 11 is 0. The summed E-state index contributed by atoms with van der Waals surface area (Å²) in [6, 6.07) is 0. The third-order valence-corrected chi connectivity index (χ3v) is 1.13. The second-order valence-corrected chi connectivity index (χ2v) is 1.91. The summed E-state index contributed by atoms with van der Waals surface area (Å²) in [7, 11) is 0. The van der Waals surface area contributed by atoms with E-state index in [2.05, 4.69) is 16.5 Å². The predicted molar refractivity (Wildman–Crippen MR) is 39.7 cm³/mol. The van der Waals surface area contributed by atoms with Gasteiger partial charge in [0.25, 0.3) is 5.56 Å². The normalized spacial score (nSPS) is 12.3. The summed E-state index contributed by atoms with van der Waals surface area (Å²) in [5, 5.41) is 0.361. The number of imidazole rings is 1. The van der Waals surface area contributed by atoms with Crippen LogP contribution in [0, 0.1) is 0 Å². The second-order valence-electron chi connectivity index (χ2n) is 1.91. The number of nitrogens with one attached hydrogen (secondary N) is 2. The molecule has 0 saturated heterocycles. The molecular formula is C6H9N3O. The number of hydrogen-bond acceptors (Lipinski definition) is 2. The number of H-pyrrole nitrogens is 2. The van der Waals surface area contributed by atoms with Crippen LogP contribution >= 0.6 is 0 Å². The van der Waals surface area contributed by atoms with Crippen LogP contribution in [0.15, 0.2) is 4.79 Å². The maximum absolute atomic E-state index is 10.7. The molecule has 1 aromatic heterocycles. The number of hydrogen-bond donors (Lipinski definition) is 3. The van der Waals surface area contributed by atoms with Crippen LogP contribution < -0.4 is 22.1 Å². The standard InChI is InChI=1S/C6H9N3O/c1-4-6(10)9-5(8-4)2-3-7/h2,8H,1,3,7H2,(H,9,10). The first kappa shape index (κ1) is 6.82. The van der Waals surface area contributed by atoms with Gasteiger partial charge in [-0.25, -0.2) is 0 Å². The van der Waals surface area contributed by atoms with E-state index in [0.29, 0.717) is 17.4 Å². The first-order chi connectivity index (χ1) is 4.74. The van der Waals surface area contributed by atoms with E-state index in [4.69, 9.17) is 5.73 Å². The molecule has 0 aromatic carbocycles. The minimum absolute atomic E-state index is 0.195. The maximum atomic E-state index is 10.7. The average Bonchev–Trinajstić information content (AvgIpc) is 2.14. The van der Waals surface area contributed by atoms with Crippen LogP contribution in [0.4, 0.5) is 0 Å². The lowest BCUT2D eigenvalue weighted by molar-refractivity contribution is 1.16. The van der Waals surface area contributed by atoms with Gasteiger partial charge in [-0.2, -0.15) is 0 Å². The minimum Gasteiger partial charge on any atom is -0.338 e. The van der Waals surface area contributed by atoms with Gasteiger partial charge in [-0.05, 0) is 6.08 Å². The third-order valence-electron chi connectivity index (χ3n) is 1.13. The monoisotopic (exact) mass is 139 g/mol. The zero-order valence-electron chi connectivity index (χ0n) is 5.48. The quantitative estimate of drug-likeness (QED) is 0.415. The Labute approximate surface area is 57.1 Å². The summed E-state index contributed by atoms with van der Waals surface area (Å²) in [6.45, 7) is 3.86. The second kappa shape index (κ2) is 2.53. The fourth-order valence-corrected chi connectivity index (χ4v) is 0.668. The topological polar surface area (TPSA) is 74.7 Å². The number of nitrogens with two attached hydrogens (primary N) is 1. The number of rotatable bonds is 1. The lowest BCUT2D eigenvalue weighted by Gasteiger charge is -1.74. The average molecular weight is 139 g/mol. The Hall–Kier alpha value is -1.29. The first-order valence-corrected chi connectivity index (χ1v) is 2.91. The lowest BCUT2D eigenvalue weighted by Crippen LogP contribution is -2.20. The number of aromatic amines is 2. The number of aromatic nitrogens is 2. The molecule has 1 rings (SSSR count). The lowest BCUT2D eigenvalue weighted by atomic mass is 10.6. The van der Waals surface area contributed by atoms with E-state index in [1.807, 2.05) is 0 Å². The van der Waals surface area contributed by atoms with Crippen LogP contribution in [0.3, 0.4) is 0 Å². The molecule has 0 saturated carbocycles. The molecule has 10 heavy (non-hydrogen) atoms. The van der Waals surface area contributed by atoms with E-state index in [-0.39, 0.29) is 5.56 Å². The molecule has 4 nitrogen and oxygen atoms in total. The Bertz CT molecular complexity index is 329. The zero-order valence-corrected chi connectivity index (χ0v) is 5.48. The highest BCUT2D eigenvalue weighted by Gasteiger charge is 1.85. The van der Waals surface area contributed by atoms with Crippen LogP contribution in [0.1, 0.15) is 0 Å². The maximum Gasteiger partial charge on any atom is 0.272 e. The van der Waals surface area contributed by atoms with E-state index in [1.54, 1.807) is 6.08 Å². The molecule has 0 unspecified atom stereocenters. The van der Waals surface area contributed by atoms with Gasteiger partial charge in [0, 0.05) is 6.54 Å². The molecule has 0 radical (unpaired) electrons. The molecule has 0 aliphatic carbocycles. The molecule has 0 amide bonds. The van der Waals surface area contributed by atoms with Crippen molar-refractivity contribution in [3.05, 3.63) is 21.2 Å². The molecule has 54 valence electrons. The fourth-order valence-electron chi connectivity index (χ4n) is 0.668. The third kappa shape index (κ3) is 1.16. The molecule has 1 heterocycles. The van der Waals surface area contributed by atoms with Gasteiger partial charge in [0.15, 0.2) is 0 Å². The van der Waals surface area contributed by atoms with Crippen molar-refractivity contribution in [1.29, 1.82) is 0 Å². The summed E-state index contributed by atoms with van der Waals surface area (Å²) in [5.41, 5.74) is 5.63. The van der Waals surface area contributed by atoms with E-state index >= 15 is 0 Å². The predicted octanol–water partition coefficient (Wildman–Crippen LogP) is -2.15. The van der Waals surface area contributed by atoms with Gasteiger partial charge in [-0.1, -0.05) is 6.58 Å². The van der Waals surface area contributed by atoms with E-state index in [0.717, 1.165) is 0 Å². The molecule has 0 bridgehead atoms. The van der Waals surface area contributed by atoms with Gasteiger partial charge >= 0.3 is 0 Å². The molecule has 0 atom stereocenters. The van der Waals surface area contributed by atoms with E-state index in [1.165, 1.54) is 0 Å². The van der Waals surface area contributed by atoms with E-state index in [9.17, 15) is 4.79 Å². The van der Waals surface area contributed by atoms with Gasteiger partial charge in [0.2, 0.25) is 0 Å². The van der Waals surface area contributed by atoms with Crippen LogP contribution in [-0.4, -0.2) is 16.5 Å². The van der Waals surface area contributed by atoms with Crippen LogP contribution in [0.5, 0.6) is 0 Å². The molecule has 4 N–H and O–H groups in total. The molecule has 0 aliphatic rings. The highest BCUT2D eigenvalue weighted by molar-refractivity contribution is 5.16.